The quantitative estimate of drug-likeness (QED) is 0.0548. The van der Waals surface area contributed by atoms with Gasteiger partial charge >= 0.3 is 0 Å². The van der Waals surface area contributed by atoms with Crippen molar-refractivity contribution < 1.29 is 29.4 Å². The number of aliphatic hydroxyl groups excluding tert-OH is 2. The van der Waals surface area contributed by atoms with Crippen LogP contribution in [-0.2, 0) is 19.2 Å². The van der Waals surface area contributed by atoms with Crippen molar-refractivity contribution in [3.05, 3.63) is 237 Å². The minimum absolute atomic E-state index is 0.0686. The van der Waals surface area contributed by atoms with Crippen LogP contribution >= 0.6 is 0 Å². The Labute approximate surface area is 523 Å². The Morgan fingerprint density at radius 3 is 0.895 bits per heavy atom. The van der Waals surface area contributed by atoms with Crippen LogP contribution in [0, 0.1) is 21.7 Å². The van der Waals surface area contributed by atoms with Crippen LogP contribution in [0.15, 0.2) is 237 Å². The Kier molecular flexibility index (Phi) is 35.3. The van der Waals surface area contributed by atoms with Crippen molar-refractivity contribution in [2.24, 2.45) is 21.7 Å². The molecule has 468 valence electrons. The lowest BCUT2D eigenvalue weighted by Crippen LogP contribution is -2.29. The molecule has 2 rings (SSSR count). The topological polar surface area (TPSA) is 109 Å². The highest BCUT2D eigenvalue weighted by atomic mass is 16.3. The summed E-state index contributed by atoms with van der Waals surface area (Å²) in [7, 11) is 0. The van der Waals surface area contributed by atoms with Crippen LogP contribution in [0.3, 0.4) is 0 Å². The number of hydrogen-bond acceptors (Lipinski definition) is 6. The van der Waals surface area contributed by atoms with Crippen molar-refractivity contribution >= 4 is 23.1 Å². The third-order valence-electron chi connectivity index (χ3n) is 15.5. The van der Waals surface area contributed by atoms with Crippen molar-refractivity contribution in [2.75, 3.05) is 0 Å². The first kappa shape index (κ1) is 77.4. The molecule has 0 aromatic rings. The SMILES string of the molecule is CC(=O)CC(O)CC(C)(C)C(=O)/C=C/C(C)=C/C=C/C(C)=C/C=C/C=C(C)/C=C/C=C(C)/C=C/C1=C(C)CCCC1(C)C.CC(=O)CC(O)CC(C)(C)C(=O)/C=C/C(C)=C/C=C/C(C)=C/C=C/C=C(C)/C=C/C=C(C)/C=C/C1=C(C)CCCC1(C)C. The fraction of sp³-hybridized carbons (Fsp3) is 0.450. The summed E-state index contributed by atoms with van der Waals surface area (Å²) >= 11 is 0. The molecule has 86 heavy (non-hydrogen) atoms. The monoisotopic (exact) mass is 1170 g/mol. The number of allylic oxidation sites excluding steroid dienone is 40. The van der Waals surface area contributed by atoms with E-state index in [0.29, 0.717) is 0 Å². The smallest absolute Gasteiger partial charge is 0.161 e. The molecule has 0 spiro atoms. The van der Waals surface area contributed by atoms with Gasteiger partial charge in [-0.3, -0.25) is 19.2 Å². The number of aliphatic hydroxyl groups is 2. The first-order valence-electron chi connectivity index (χ1n) is 31.1. The molecule has 0 bridgehead atoms. The van der Waals surface area contributed by atoms with Crippen LogP contribution in [-0.4, -0.2) is 45.6 Å². The molecule has 6 nitrogen and oxygen atoms in total. The third kappa shape index (κ3) is 33.9. The van der Waals surface area contributed by atoms with Gasteiger partial charge in [-0.05, 0) is 169 Å². The molecule has 2 atom stereocenters. The zero-order chi connectivity index (χ0) is 65.3. The minimum atomic E-state index is -0.801. The molecule has 2 aliphatic carbocycles. The van der Waals surface area contributed by atoms with Gasteiger partial charge in [0.05, 0.1) is 12.2 Å². The standard InChI is InChI=1S/2C40H56O3/c2*1-30(18-13-20-32(3)23-25-37-34(5)22-15-27-39(37,7)8)16-11-12-17-31(2)19-14-21-33(4)24-26-38(43)40(9,10)29-36(42)28-35(6)41/h2*11-14,16-21,23-26,36,42H,15,22,27-29H2,1-10H3/b2*12-11+,18-13+,19-14+,25-23+,26-24+,30-16+,31-17+,32-20+,33-21+. The highest BCUT2D eigenvalue weighted by molar-refractivity contribution is 5.95. The van der Waals surface area contributed by atoms with Crippen LogP contribution in [0.4, 0.5) is 0 Å². The predicted molar refractivity (Wildman–Crippen MR) is 372 cm³/mol. The van der Waals surface area contributed by atoms with Crippen LogP contribution in [0.2, 0.25) is 0 Å². The zero-order valence-electron chi connectivity index (χ0n) is 56.9. The first-order valence-corrected chi connectivity index (χ1v) is 31.1. The fourth-order valence-electron chi connectivity index (χ4n) is 10.2. The predicted octanol–water partition coefficient (Wildman–Crippen LogP) is 20.8. The zero-order valence-corrected chi connectivity index (χ0v) is 56.9. The second-order valence-electron chi connectivity index (χ2n) is 26.7. The molecule has 2 aliphatic rings. The molecule has 0 aromatic heterocycles. The molecule has 0 saturated heterocycles. The van der Waals surface area contributed by atoms with Gasteiger partial charge in [-0.25, -0.2) is 0 Å². The van der Waals surface area contributed by atoms with E-state index < -0.39 is 23.0 Å². The molecule has 2 unspecified atom stereocenters. The summed E-state index contributed by atoms with van der Waals surface area (Å²) in [6.07, 6.45) is 63.4. The van der Waals surface area contributed by atoms with Gasteiger partial charge in [0.25, 0.3) is 0 Å². The van der Waals surface area contributed by atoms with Crippen molar-refractivity contribution in [2.45, 2.75) is 215 Å². The molecule has 0 heterocycles. The van der Waals surface area contributed by atoms with E-state index in [0.717, 1.165) is 22.3 Å². The van der Waals surface area contributed by atoms with Gasteiger partial charge in [0.2, 0.25) is 0 Å². The van der Waals surface area contributed by atoms with Crippen LogP contribution in [0.5, 0.6) is 0 Å². The number of ketones is 4. The Morgan fingerprint density at radius 2 is 0.640 bits per heavy atom. The van der Waals surface area contributed by atoms with E-state index in [9.17, 15) is 29.4 Å². The van der Waals surface area contributed by atoms with E-state index in [-0.39, 0.29) is 59.6 Å². The number of carbonyl (C=O) groups is 4. The molecule has 6 heteroatoms. The molecule has 0 aliphatic heterocycles. The van der Waals surface area contributed by atoms with Gasteiger partial charge in [-0.2, -0.15) is 0 Å². The minimum Gasteiger partial charge on any atom is -0.393 e. The average molecular weight is 1170 g/mol. The Balaban J connectivity index is 0.000000860. The number of rotatable bonds is 30. The van der Waals surface area contributed by atoms with Crippen molar-refractivity contribution in [3.63, 3.8) is 0 Å². The summed E-state index contributed by atoms with van der Waals surface area (Å²) in [5, 5.41) is 20.1. The maximum Gasteiger partial charge on any atom is 0.161 e. The second kappa shape index (κ2) is 39.2. The fourth-order valence-corrected chi connectivity index (χ4v) is 10.2. The van der Waals surface area contributed by atoms with Gasteiger partial charge < -0.3 is 10.2 Å². The van der Waals surface area contributed by atoms with Crippen molar-refractivity contribution in [1.29, 1.82) is 0 Å². The van der Waals surface area contributed by atoms with E-state index in [1.807, 2.05) is 88.5 Å². The van der Waals surface area contributed by atoms with E-state index in [1.165, 1.54) is 97.0 Å². The number of hydrogen-bond donors (Lipinski definition) is 2. The summed E-state index contributed by atoms with van der Waals surface area (Å²) in [5.74, 6) is -0.295. The first-order chi connectivity index (χ1) is 40.1. The highest BCUT2D eigenvalue weighted by Gasteiger charge is 2.31. The Hall–Kier alpha value is -6.60. The molecular formula is C80H112O6. The lowest BCUT2D eigenvalue weighted by atomic mass is 9.72. The highest BCUT2D eigenvalue weighted by Crippen LogP contribution is 2.42. The lowest BCUT2D eigenvalue weighted by molar-refractivity contribution is -0.125. The summed E-state index contributed by atoms with van der Waals surface area (Å²) in [6, 6.07) is 0. The largest absolute Gasteiger partial charge is 0.393 e. The molecule has 0 saturated carbocycles. The second-order valence-corrected chi connectivity index (χ2v) is 26.7. The summed E-state index contributed by atoms with van der Waals surface area (Å²) in [5.41, 5.74) is 14.0. The van der Waals surface area contributed by atoms with E-state index in [2.05, 4.69) is 154 Å². The summed E-state index contributed by atoms with van der Waals surface area (Å²) in [4.78, 5) is 47.6. The maximum atomic E-state index is 12.6. The van der Waals surface area contributed by atoms with Crippen molar-refractivity contribution in [3.8, 4) is 0 Å². The molecule has 2 N–H and O–H groups in total. The molecule has 0 amide bonds. The maximum absolute atomic E-state index is 12.6. The summed E-state index contributed by atoms with van der Waals surface area (Å²) in [6.45, 7) is 40.5. The van der Waals surface area contributed by atoms with Crippen molar-refractivity contribution in [1.82, 2.24) is 0 Å². The van der Waals surface area contributed by atoms with Gasteiger partial charge in [-0.1, -0.05) is 269 Å². The lowest BCUT2D eigenvalue weighted by Gasteiger charge is -2.33. The number of Topliss-reactive ketones (excluding diaryl/α,β-unsaturated/α-hetero) is 2. The third-order valence-corrected chi connectivity index (χ3v) is 15.5. The van der Waals surface area contributed by atoms with Crippen LogP contribution < -0.4 is 0 Å². The van der Waals surface area contributed by atoms with Gasteiger partial charge in [0.1, 0.15) is 11.6 Å². The Bertz CT molecular complexity index is 2750. The molecular weight excluding hydrogens is 1060 g/mol. The van der Waals surface area contributed by atoms with E-state index >= 15 is 0 Å². The number of carbonyl (C=O) groups excluding carboxylic acids is 4. The molecule has 0 radical (unpaired) electrons. The van der Waals surface area contributed by atoms with Crippen LogP contribution in [0.1, 0.15) is 203 Å². The van der Waals surface area contributed by atoms with Gasteiger partial charge in [0, 0.05) is 23.7 Å². The average Bonchev–Trinajstić information content (AvgIpc) is 2.47. The normalized spacial score (nSPS) is 18.8. The van der Waals surface area contributed by atoms with Crippen LogP contribution in [0.25, 0.3) is 0 Å². The molecule has 0 aromatic carbocycles. The van der Waals surface area contributed by atoms with E-state index in [1.54, 1.807) is 52.0 Å². The van der Waals surface area contributed by atoms with Gasteiger partial charge in [-0.15, -0.1) is 0 Å². The summed E-state index contributed by atoms with van der Waals surface area (Å²) < 4.78 is 0. The van der Waals surface area contributed by atoms with E-state index in [4.69, 9.17) is 0 Å². The Morgan fingerprint density at radius 1 is 0.395 bits per heavy atom. The molecule has 0 fully saturated rings. The van der Waals surface area contributed by atoms with Gasteiger partial charge in [0.15, 0.2) is 11.6 Å².